The first kappa shape index (κ1) is 33.6. The molecule has 0 aliphatic rings. The van der Waals surface area contributed by atoms with E-state index in [9.17, 15) is 15.2 Å². The minimum absolute atomic E-state index is 0.0175. The molecule has 0 fully saturated rings. The van der Waals surface area contributed by atoms with E-state index in [1.807, 2.05) is 49.4 Å². The Morgan fingerprint density at radius 1 is 0.720 bits per heavy atom. The van der Waals surface area contributed by atoms with Crippen molar-refractivity contribution in [1.82, 2.24) is 19.9 Å². The van der Waals surface area contributed by atoms with Crippen LogP contribution in [0.4, 0.5) is 5.69 Å². The Morgan fingerprint density at radius 2 is 1.28 bits per heavy atom. The molecule has 0 amide bonds. The molecule has 10 nitrogen and oxygen atoms in total. The number of benzene rings is 4. The van der Waals surface area contributed by atoms with Crippen molar-refractivity contribution < 1.29 is 19.4 Å². The highest BCUT2D eigenvalue weighted by atomic mass is 35.5. The summed E-state index contributed by atoms with van der Waals surface area (Å²) in [6.45, 7) is 1.50. The molecule has 0 radical (unpaired) electrons. The summed E-state index contributed by atoms with van der Waals surface area (Å²) < 4.78 is 11.4. The maximum atomic E-state index is 11.3. The van der Waals surface area contributed by atoms with Gasteiger partial charge in [0.15, 0.2) is 23.8 Å². The van der Waals surface area contributed by atoms with Gasteiger partial charge >= 0.3 is 17.7 Å². The van der Waals surface area contributed by atoms with Crippen LogP contribution in [0.3, 0.4) is 0 Å². The number of nitriles is 1. The predicted octanol–water partition coefficient (Wildman–Crippen LogP) is 8.99. The number of carbonyl (C=O) groups is 1. The molecule has 0 aliphatic carbocycles. The molecule has 0 unspecified atom stereocenters. The molecular formula is C38H25Cl2N6O4+. The van der Waals surface area contributed by atoms with E-state index in [1.165, 1.54) is 0 Å². The van der Waals surface area contributed by atoms with Crippen LogP contribution in [-0.4, -0.2) is 44.2 Å². The number of aliphatic carboxylic acids is 1. The van der Waals surface area contributed by atoms with Crippen molar-refractivity contribution >= 4 is 34.9 Å². The van der Waals surface area contributed by atoms with Gasteiger partial charge in [0.25, 0.3) is 0 Å². The monoisotopic (exact) mass is 699 g/mol. The number of aromatic nitrogens is 4. The summed E-state index contributed by atoms with van der Waals surface area (Å²) in [5.41, 5.74) is 4.39. The van der Waals surface area contributed by atoms with Crippen LogP contribution in [0.25, 0.3) is 50.1 Å². The normalized spacial score (nSPS) is 10.4. The standard InChI is InChI=1S/C38H24Cl2N6O4/c1-2-49-38-31(34(24-11-15-27(39)16-12-24)44-35(45-38)25-13-17-28(40)18-14-25)21-42-29-10-6-9-26(19-29)36-43-33(23-7-4-3-5-8-23)30(20-41)37(46-36)50-22-32(47)48/h3-19H,2,22H2,1H3/p+1. The summed E-state index contributed by atoms with van der Waals surface area (Å²) in [5.74, 6) is -0.452. The van der Waals surface area contributed by atoms with E-state index in [-0.39, 0.29) is 23.1 Å². The van der Waals surface area contributed by atoms with Gasteiger partial charge < -0.3 is 14.6 Å². The summed E-state index contributed by atoms with van der Waals surface area (Å²) >= 11 is 12.3. The quantitative estimate of drug-likeness (QED) is 0.157. The fraction of sp³-hybridized carbons (Fsp3) is 0.0789. The number of hydrogen-bond donors (Lipinski definition) is 1. The van der Waals surface area contributed by atoms with Crippen LogP contribution < -0.4 is 9.47 Å². The lowest BCUT2D eigenvalue weighted by molar-refractivity contribution is -0.139. The zero-order valence-corrected chi connectivity index (χ0v) is 27.9. The molecule has 1 N–H and O–H groups in total. The first-order valence-corrected chi connectivity index (χ1v) is 15.9. The Bertz CT molecular complexity index is 2300. The third kappa shape index (κ3) is 7.69. The van der Waals surface area contributed by atoms with E-state index in [1.54, 1.807) is 60.7 Å². The zero-order valence-electron chi connectivity index (χ0n) is 26.3. The third-order valence-corrected chi connectivity index (χ3v) is 7.65. The summed E-state index contributed by atoms with van der Waals surface area (Å²) in [4.78, 5) is 34.7. The minimum atomic E-state index is -1.21. The van der Waals surface area contributed by atoms with E-state index in [0.717, 1.165) is 11.1 Å². The molecule has 0 atom stereocenters. The van der Waals surface area contributed by atoms with E-state index < -0.39 is 12.6 Å². The predicted molar refractivity (Wildman–Crippen MR) is 191 cm³/mol. The second-order valence-corrected chi connectivity index (χ2v) is 11.4. The molecule has 6 rings (SSSR count). The first-order valence-electron chi connectivity index (χ1n) is 15.2. The van der Waals surface area contributed by atoms with E-state index >= 15 is 0 Å². The Labute approximate surface area is 297 Å². The zero-order chi connectivity index (χ0) is 35.0. The first-order chi connectivity index (χ1) is 24.3. The van der Waals surface area contributed by atoms with Gasteiger partial charge in [-0.15, -0.1) is 0 Å². The number of halogens is 2. The number of rotatable bonds is 9. The minimum Gasteiger partial charge on any atom is -0.479 e. The lowest BCUT2D eigenvalue weighted by Gasteiger charge is -2.11. The second kappa shape index (κ2) is 15.3. The number of ether oxygens (including phenoxy) is 2. The number of carboxylic acid groups (broad SMARTS) is 1. The van der Waals surface area contributed by atoms with Crippen LogP contribution in [0.5, 0.6) is 11.8 Å². The van der Waals surface area contributed by atoms with Gasteiger partial charge in [-0.3, -0.25) is 0 Å². The highest BCUT2D eigenvalue weighted by molar-refractivity contribution is 6.30. The average molecular weight is 701 g/mol. The molecule has 0 saturated carbocycles. The highest BCUT2D eigenvalue weighted by Crippen LogP contribution is 2.34. The maximum Gasteiger partial charge on any atom is 0.341 e. The summed E-state index contributed by atoms with van der Waals surface area (Å²) in [7, 11) is 0. The van der Waals surface area contributed by atoms with Crippen LogP contribution in [0.1, 0.15) is 18.1 Å². The molecule has 2 aromatic heterocycles. The number of nitrogens with zero attached hydrogens (tertiary/aromatic N) is 6. The molecule has 0 bridgehead atoms. The average Bonchev–Trinajstić information content (AvgIpc) is 3.14. The van der Waals surface area contributed by atoms with Crippen molar-refractivity contribution in [2.45, 2.75) is 6.92 Å². The van der Waals surface area contributed by atoms with Gasteiger partial charge in [0.05, 0.1) is 12.3 Å². The molecular weight excluding hydrogens is 675 g/mol. The lowest BCUT2D eigenvalue weighted by Crippen LogP contribution is -2.12. The molecule has 0 aliphatic heterocycles. The molecule has 2 heterocycles. The molecule has 0 spiro atoms. The van der Waals surface area contributed by atoms with Gasteiger partial charge in [-0.05, 0) is 48.2 Å². The van der Waals surface area contributed by atoms with Crippen LogP contribution in [0, 0.1) is 17.4 Å². The Hall–Kier alpha value is -6.33. The Morgan fingerprint density at radius 3 is 1.90 bits per heavy atom. The Kier molecular flexibility index (Phi) is 10.2. The van der Waals surface area contributed by atoms with Crippen molar-refractivity contribution in [2.75, 3.05) is 13.2 Å². The fourth-order valence-corrected chi connectivity index (χ4v) is 5.12. The second-order valence-electron chi connectivity index (χ2n) is 10.5. The molecule has 4 aromatic carbocycles. The summed E-state index contributed by atoms with van der Waals surface area (Å²) in [5, 5.41) is 20.4. The van der Waals surface area contributed by atoms with Crippen molar-refractivity contribution in [3.05, 3.63) is 129 Å². The summed E-state index contributed by atoms with van der Waals surface area (Å²) in [6, 6.07) is 35.6. The van der Waals surface area contributed by atoms with Crippen LogP contribution in [0.15, 0.2) is 103 Å². The van der Waals surface area contributed by atoms with Gasteiger partial charge in [-0.25, -0.2) is 14.8 Å². The molecule has 12 heteroatoms. The molecule has 244 valence electrons. The van der Waals surface area contributed by atoms with Crippen molar-refractivity contribution in [1.29, 1.82) is 5.26 Å². The van der Waals surface area contributed by atoms with E-state index in [4.69, 9.17) is 47.6 Å². The largest absolute Gasteiger partial charge is 0.479 e. The third-order valence-electron chi connectivity index (χ3n) is 7.15. The van der Waals surface area contributed by atoms with E-state index in [2.05, 4.69) is 22.0 Å². The van der Waals surface area contributed by atoms with E-state index in [0.29, 0.717) is 56.2 Å². The van der Waals surface area contributed by atoms with Gasteiger partial charge in [0, 0.05) is 44.4 Å². The smallest absolute Gasteiger partial charge is 0.341 e. The van der Waals surface area contributed by atoms with Crippen LogP contribution in [0.2, 0.25) is 10.0 Å². The summed E-state index contributed by atoms with van der Waals surface area (Å²) in [6.07, 6.45) is 0. The highest BCUT2D eigenvalue weighted by Gasteiger charge is 2.23. The molecule has 50 heavy (non-hydrogen) atoms. The Balaban J connectivity index is 1.47. The fourth-order valence-electron chi connectivity index (χ4n) is 4.87. The molecule has 6 aromatic rings. The van der Waals surface area contributed by atoms with Gasteiger partial charge in [0.2, 0.25) is 11.8 Å². The maximum absolute atomic E-state index is 11.3. The van der Waals surface area contributed by atoms with Crippen molar-refractivity contribution in [3.63, 3.8) is 0 Å². The van der Waals surface area contributed by atoms with Crippen molar-refractivity contribution in [3.8, 4) is 69.2 Å². The number of carboxylic acids is 1. The topological polar surface area (TPSA) is 135 Å². The van der Waals surface area contributed by atoms with Gasteiger partial charge in [0.1, 0.15) is 17.3 Å². The molecule has 0 saturated heterocycles. The van der Waals surface area contributed by atoms with Gasteiger partial charge in [-0.1, -0.05) is 77.8 Å². The van der Waals surface area contributed by atoms with Gasteiger partial charge in [-0.2, -0.15) is 15.2 Å². The van der Waals surface area contributed by atoms with Crippen molar-refractivity contribution in [2.24, 2.45) is 0 Å². The SMILES string of the molecule is CCOc1nc(-c2ccc(Cl)cc2)nc(-c2ccc(Cl)cc2)c1C#[N+]c1cccc(-c2nc(OCC(=O)O)c(C#N)c(-c3ccccc3)n2)c1. The lowest BCUT2D eigenvalue weighted by atomic mass is 10.1. The number of hydrogen-bond acceptors (Lipinski definition) is 8. The van der Waals surface area contributed by atoms with Crippen LogP contribution in [-0.2, 0) is 4.79 Å². The van der Waals surface area contributed by atoms with Crippen LogP contribution >= 0.6 is 23.2 Å².